The van der Waals surface area contributed by atoms with Crippen LogP contribution in [0.5, 0.6) is 0 Å². The minimum atomic E-state index is 0.177. The van der Waals surface area contributed by atoms with E-state index in [1.165, 1.54) is 16.3 Å². The molecule has 1 heterocycles. The number of hydrogen-bond acceptors (Lipinski definition) is 3. The van der Waals surface area contributed by atoms with Crippen LogP contribution in [0.3, 0.4) is 0 Å². The maximum Gasteiger partial charge on any atom is 0.0672 e. The van der Waals surface area contributed by atoms with Crippen LogP contribution in [0.4, 0.5) is 0 Å². The molecule has 96 valence electrons. The molecule has 0 aliphatic heterocycles. The van der Waals surface area contributed by atoms with Crippen molar-refractivity contribution in [3.63, 3.8) is 0 Å². The van der Waals surface area contributed by atoms with E-state index in [1.807, 2.05) is 12.4 Å². The molecular formula is C16H17N3. The Labute approximate surface area is 113 Å². The fourth-order valence-electron chi connectivity index (χ4n) is 2.94. The summed E-state index contributed by atoms with van der Waals surface area (Å²) in [6.07, 6.45) is 7.04. The van der Waals surface area contributed by atoms with E-state index in [0.717, 1.165) is 25.8 Å². The van der Waals surface area contributed by atoms with Gasteiger partial charge in [0, 0.05) is 30.4 Å². The van der Waals surface area contributed by atoms with Crippen LogP contribution in [-0.2, 0) is 6.54 Å². The molecule has 2 aromatic rings. The third-order valence-electron chi connectivity index (χ3n) is 4.01. The highest BCUT2D eigenvalue weighted by Gasteiger charge is 2.26. The lowest BCUT2D eigenvalue weighted by atomic mass is 10.0. The zero-order chi connectivity index (χ0) is 13.1. The van der Waals surface area contributed by atoms with Gasteiger partial charge < -0.3 is 5.32 Å². The molecular weight excluding hydrogens is 234 g/mol. The highest BCUT2D eigenvalue weighted by atomic mass is 14.9. The Bertz CT molecular complexity index is 609. The number of hydrogen-bond donors (Lipinski definition) is 1. The van der Waals surface area contributed by atoms with Crippen LogP contribution in [0.1, 0.15) is 24.8 Å². The average Bonchev–Trinajstić information content (AvgIpc) is 2.92. The highest BCUT2D eigenvalue weighted by molar-refractivity contribution is 5.84. The lowest BCUT2D eigenvalue weighted by molar-refractivity contribution is 0.465. The van der Waals surface area contributed by atoms with Crippen LogP contribution < -0.4 is 5.32 Å². The summed E-state index contributed by atoms with van der Waals surface area (Å²) in [5.74, 6) is 0.177. The van der Waals surface area contributed by atoms with Crippen molar-refractivity contribution >= 4 is 10.8 Å². The number of nitriles is 1. The van der Waals surface area contributed by atoms with Gasteiger partial charge in [-0.05, 0) is 29.9 Å². The minimum Gasteiger partial charge on any atom is -0.309 e. The maximum atomic E-state index is 9.11. The van der Waals surface area contributed by atoms with Crippen molar-refractivity contribution in [3.05, 3.63) is 42.2 Å². The van der Waals surface area contributed by atoms with Crippen LogP contribution in [0, 0.1) is 17.2 Å². The summed E-state index contributed by atoms with van der Waals surface area (Å²) in [5, 5.41) is 15.1. The first-order chi connectivity index (χ1) is 9.38. The van der Waals surface area contributed by atoms with Gasteiger partial charge in [-0.2, -0.15) is 5.26 Å². The Hall–Kier alpha value is -1.92. The van der Waals surface area contributed by atoms with Gasteiger partial charge in [0.15, 0.2) is 0 Å². The van der Waals surface area contributed by atoms with Gasteiger partial charge in [0.1, 0.15) is 0 Å². The highest BCUT2D eigenvalue weighted by Crippen LogP contribution is 2.25. The van der Waals surface area contributed by atoms with Gasteiger partial charge >= 0.3 is 0 Å². The first kappa shape index (κ1) is 12.1. The molecule has 3 rings (SSSR count). The van der Waals surface area contributed by atoms with Crippen molar-refractivity contribution in [2.24, 2.45) is 5.92 Å². The quantitative estimate of drug-likeness (QED) is 0.912. The molecule has 19 heavy (non-hydrogen) atoms. The summed E-state index contributed by atoms with van der Waals surface area (Å²) in [5.41, 5.74) is 1.28. The van der Waals surface area contributed by atoms with Gasteiger partial charge in [-0.1, -0.05) is 24.6 Å². The topological polar surface area (TPSA) is 48.7 Å². The zero-order valence-electron chi connectivity index (χ0n) is 10.8. The van der Waals surface area contributed by atoms with Gasteiger partial charge in [0.05, 0.1) is 12.0 Å². The molecule has 0 saturated heterocycles. The van der Waals surface area contributed by atoms with E-state index >= 15 is 0 Å². The van der Waals surface area contributed by atoms with Crippen LogP contribution in [0.15, 0.2) is 36.7 Å². The number of nitrogens with zero attached hydrogens (tertiary/aromatic N) is 2. The van der Waals surface area contributed by atoms with E-state index in [-0.39, 0.29) is 5.92 Å². The van der Waals surface area contributed by atoms with Crippen LogP contribution in [-0.4, -0.2) is 11.0 Å². The molecule has 1 N–H and O–H groups in total. The van der Waals surface area contributed by atoms with E-state index < -0.39 is 0 Å². The summed E-state index contributed by atoms with van der Waals surface area (Å²) >= 11 is 0. The SMILES string of the molecule is N#CC1CCCC1NCc1cccc2cnccc12. The second-order valence-electron chi connectivity index (χ2n) is 5.17. The second-order valence-corrected chi connectivity index (χ2v) is 5.17. The Kier molecular flexibility index (Phi) is 3.43. The molecule has 3 nitrogen and oxygen atoms in total. The first-order valence-corrected chi connectivity index (χ1v) is 6.83. The van der Waals surface area contributed by atoms with Gasteiger partial charge in [-0.15, -0.1) is 0 Å². The molecule has 0 amide bonds. The molecule has 0 bridgehead atoms. The Morgan fingerprint density at radius 2 is 2.26 bits per heavy atom. The molecule has 2 unspecified atom stereocenters. The molecule has 0 radical (unpaired) electrons. The van der Waals surface area contributed by atoms with Gasteiger partial charge in [0.2, 0.25) is 0 Å². The fraction of sp³-hybridized carbons (Fsp3) is 0.375. The third kappa shape index (κ3) is 2.45. The Balaban J connectivity index is 1.77. The molecule has 1 aromatic carbocycles. The summed E-state index contributed by atoms with van der Waals surface area (Å²) in [6.45, 7) is 0.824. The Morgan fingerprint density at radius 1 is 1.32 bits per heavy atom. The van der Waals surface area contributed by atoms with Gasteiger partial charge in [0.25, 0.3) is 0 Å². The summed E-state index contributed by atoms with van der Waals surface area (Å²) in [7, 11) is 0. The van der Waals surface area contributed by atoms with Crippen LogP contribution in [0.25, 0.3) is 10.8 Å². The van der Waals surface area contributed by atoms with E-state index in [4.69, 9.17) is 5.26 Å². The van der Waals surface area contributed by atoms with Crippen molar-refractivity contribution in [2.45, 2.75) is 31.8 Å². The second kappa shape index (κ2) is 5.38. The van der Waals surface area contributed by atoms with Gasteiger partial charge in [-0.25, -0.2) is 0 Å². The third-order valence-corrected chi connectivity index (χ3v) is 4.01. The predicted molar refractivity (Wildman–Crippen MR) is 75.3 cm³/mol. The molecule has 2 atom stereocenters. The van der Waals surface area contributed by atoms with E-state index in [1.54, 1.807) is 0 Å². The normalized spacial score (nSPS) is 22.5. The van der Waals surface area contributed by atoms with E-state index in [9.17, 15) is 0 Å². The first-order valence-electron chi connectivity index (χ1n) is 6.83. The maximum absolute atomic E-state index is 9.11. The molecule has 1 aromatic heterocycles. The van der Waals surface area contributed by atoms with Crippen molar-refractivity contribution in [1.82, 2.24) is 10.3 Å². The summed E-state index contributed by atoms with van der Waals surface area (Å²) in [6, 6.07) is 11.1. The number of nitrogens with one attached hydrogen (secondary N) is 1. The fourth-order valence-corrected chi connectivity index (χ4v) is 2.94. The molecule has 1 fully saturated rings. The van der Waals surface area contributed by atoms with Crippen molar-refractivity contribution in [2.75, 3.05) is 0 Å². The lowest BCUT2D eigenvalue weighted by Gasteiger charge is -2.16. The summed E-state index contributed by atoms with van der Waals surface area (Å²) < 4.78 is 0. The van der Waals surface area contributed by atoms with Crippen LogP contribution in [0.2, 0.25) is 0 Å². The van der Waals surface area contributed by atoms with Crippen molar-refractivity contribution < 1.29 is 0 Å². The average molecular weight is 251 g/mol. The Morgan fingerprint density at radius 3 is 3.16 bits per heavy atom. The predicted octanol–water partition coefficient (Wildman–Crippen LogP) is 3.02. The zero-order valence-corrected chi connectivity index (χ0v) is 10.8. The smallest absolute Gasteiger partial charge is 0.0672 e. The molecule has 3 heteroatoms. The van der Waals surface area contributed by atoms with Crippen LogP contribution >= 0.6 is 0 Å². The van der Waals surface area contributed by atoms with E-state index in [0.29, 0.717) is 6.04 Å². The molecule has 1 saturated carbocycles. The summed E-state index contributed by atoms with van der Waals surface area (Å²) in [4.78, 5) is 4.15. The number of benzene rings is 1. The molecule has 1 aliphatic carbocycles. The number of fused-ring (bicyclic) bond motifs is 1. The largest absolute Gasteiger partial charge is 0.309 e. The molecule has 0 spiro atoms. The minimum absolute atomic E-state index is 0.177. The molecule has 1 aliphatic rings. The number of pyridine rings is 1. The standard InChI is InChI=1S/C16H17N3/c17-9-12-3-2-6-16(12)19-11-14-5-1-4-13-10-18-8-7-15(13)14/h1,4-5,7-8,10,12,16,19H,2-3,6,11H2. The van der Waals surface area contributed by atoms with Crippen molar-refractivity contribution in [3.8, 4) is 6.07 Å². The van der Waals surface area contributed by atoms with Gasteiger partial charge in [-0.3, -0.25) is 4.98 Å². The lowest BCUT2D eigenvalue weighted by Crippen LogP contribution is -2.31. The number of rotatable bonds is 3. The number of aromatic nitrogens is 1. The van der Waals surface area contributed by atoms with E-state index in [2.05, 4.69) is 40.6 Å². The van der Waals surface area contributed by atoms with Crippen molar-refractivity contribution in [1.29, 1.82) is 5.26 Å². The monoisotopic (exact) mass is 251 g/mol.